The largest absolute Gasteiger partial charge is 0.340 e. The molecule has 62 valence electrons. The summed E-state index contributed by atoms with van der Waals surface area (Å²) in [6.45, 7) is 1.82. The summed E-state index contributed by atoms with van der Waals surface area (Å²) in [6, 6.07) is 1.38. The van der Waals surface area contributed by atoms with Crippen molar-refractivity contribution in [3.63, 3.8) is 0 Å². The Morgan fingerprint density at radius 2 is 2.25 bits per heavy atom. The molecule has 2 aromatic heterocycles. The number of nitrogens with zero attached hydrogens (tertiary/aromatic N) is 2. The molecule has 0 unspecified atom stereocenters. The Hall–Kier alpha value is -0.720. The molecule has 0 atom stereocenters. The fourth-order valence-electron chi connectivity index (χ4n) is 1.04. The molecule has 0 bridgehead atoms. The predicted octanol–water partition coefficient (Wildman–Crippen LogP) is 2.01. The standard InChI is InChI=1S/C7H5FIN3/c1-3-10-6-4(9)2-5(8)12-7(6)11-3/h2H,1H3,(H,10,11,12). The number of aryl methyl sites for hydroxylation is 1. The lowest BCUT2D eigenvalue weighted by Gasteiger charge is -1.91. The minimum atomic E-state index is -0.488. The van der Waals surface area contributed by atoms with E-state index in [0.29, 0.717) is 5.65 Å². The number of imidazole rings is 1. The molecule has 0 amide bonds. The number of H-pyrrole nitrogens is 1. The van der Waals surface area contributed by atoms with Crippen molar-refractivity contribution >= 4 is 33.8 Å². The Morgan fingerprint density at radius 1 is 1.50 bits per heavy atom. The minimum absolute atomic E-state index is 0.442. The van der Waals surface area contributed by atoms with E-state index >= 15 is 0 Å². The first kappa shape index (κ1) is 7.90. The number of pyridine rings is 1. The Morgan fingerprint density at radius 3 is 3.00 bits per heavy atom. The molecule has 0 aliphatic rings. The van der Waals surface area contributed by atoms with Crippen LogP contribution >= 0.6 is 22.6 Å². The van der Waals surface area contributed by atoms with Crippen molar-refractivity contribution in [3.8, 4) is 0 Å². The van der Waals surface area contributed by atoms with Crippen molar-refractivity contribution in [1.82, 2.24) is 15.0 Å². The van der Waals surface area contributed by atoms with E-state index in [1.165, 1.54) is 6.07 Å². The maximum absolute atomic E-state index is 12.7. The molecule has 2 heterocycles. The lowest BCUT2D eigenvalue weighted by Crippen LogP contribution is -1.86. The van der Waals surface area contributed by atoms with E-state index in [1.807, 2.05) is 29.5 Å². The summed E-state index contributed by atoms with van der Waals surface area (Å²) in [4.78, 5) is 10.7. The Labute approximate surface area is 81.6 Å². The third kappa shape index (κ3) is 1.17. The van der Waals surface area contributed by atoms with Gasteiger partial charge in [-0.1, -0.05) is 0 Å². The topological polar surface area (TPSA) is 41.6 Å². The zero-order valence-corrected chi connectivity index (χ0v) is 8.39. The molecule has 2 rings (SSSR count). The first-order valence-electron chi connectivity index (χ1n) is 3.35. The second-order valence-electron chi connectivity index (χ2n) is 2.45. The third-order valence-corrected chi connectivity index (χ3v) is 2.35. The van der Waals surface area contributed by atoms with Crippen LogP contribution in [0.15, 0.2) is 6.07 Å². The first-order valence-corrected chi connectivity index (χ1v) is 4.43. The third-order valence-electron chi connectivity index (χ3n) is 1.50. The second-order valence-corrected chi connectivity index (χ2v) is 3.61. The van der Waals surface area contributed by atoms with Gasteiger partial charge >= 0.3 is 0 Å². The molecular weight excluding hydrogens is 272 g/mol. The number of rotatable bonds is 0. The zero-order valence-electron chi connectivity index (χ0n) is 6.23. The van der Waals surface area contributed by atoms with E-state index in [1.54, 1.807) is 0 Å². The van der Waals surface area contributed by atoms with E-state index in [-0.39, 0.29) is 0 Å². The van der Waals surface area contributed by atoms with Crippen LogP contribution in [0.25, 0.3) is 11.2 Å². The van der Waals surface area contributed by atoms with Gasteiger partial charge < -0.3 is 4.98 Å². The van der Waals surface area contributed by atoms with Gasteiger partial charge in [-0.25, -0.2) is 4.98 Å². The lowest BCUT2D eigenvalue weighted by molar-refractivity contribution is 0.587. The highest BCUT2D eigenvalue weighted by Gasteiger charge is 2.06. The lowest BCUT2D eigenvalue weighted by atomic mass is 10.4. The highest BCUT2D eigenvalue weighted by molar-refractivity contribution is 14.1. The van der Waals surface area contributed by atoms with Gasteiger partial charge in [-0.05, 0) is 29.5 Å². The van der Waals surface area contributed by atoms with Gasteiger partial charge in [0.15, 0.2) is 5.65 Å². The number of aromatic nitrogens is 3. The van der Waals surface area contributed by atoms with E-state index in [0.717, 1.165) is 14.9 Å². The zero-order chi connectivity index (χ0) is 8.72. The number of aromatic amines is 1. The summed E-state index contributed by atoms with van der Waals surface area (Å²) in [5.74, 6) is 0.263. The Bertz CT molecular complexity index is 437. The summed E-state index contributed by atoms with van der Waals surface area (Å²) < 4.78 is 13.5. The molecule has 12 heavy (non-hydrogen) atoms. The van der Waals surface area contributed by atoms with Crippen molar-refractivity contribution in [2.45, 2.75) is 6.92 Å². The van der Waals surface area contributed by atoms with Crippen LogP contribution in [0.1, 0.15) is 5.82 Å². The molecule has 3 nitrogen and oxygen atoms in total. The molecule has 5 heteroatoms. The molecule has 0 aliphatic carbocycles. The average molecular weight is 277 g/mol. The van der Waals surface area contributed by atoms with E-state index in [4.69, 9.17) is 0 Å². The summed E-state index contributed by atoms with van der Waals surface area (Å²) in [6.07, 6.45) is 0. The van der Waals surface area contributed by atoms with E-state index in [2.05, 4.69) is 15.0 Å². The van der Waals surface area contributed by atoms with Gasteiger partial charge in [0.1, 0.15) is 5.82 Å². The minimum Gasteiger partial charge on any atom is -0.340 e. The van der Waals surface area contributed by atoms with Crippen LogP contribution in [0.4, 0.5) is 4.39 Å². The normalized spacial score (nSPS) is 10.9. The summed E-state index contributed by atoms with van der Waals surface area (Å²) in [7, 11) is 0. The van der Waals surface area contributed by atoms with Gasteiger partial charge in [0.25, 0.3) is 0 Å². The Balaban J connectivity index is 2.88. The van der Waals surface area contributed by atoms with Gasteiger partial charge in [-0.3, -0.25) is 0 Å². The summed E-state index contributed by atoms with van der Waals surface area (Å²) in [5, 5.41) is 0. The van der Waals surface area contributed by atoms with E-state index in [9.17, 15) is 4.39 Å². The van der Waals surface area contributed by atoms with Crippen molar-refractivity contribution < 1.29 is 4.39 Å². The van der Waals surface area contributed by atoms with Crippen molar-refractivity contribution in [3.05, 3.63) is 21.4 Å². The van der Waals surface area contributed by atoms with Crippen LogP contribution in [-0.2, 0) is 0 Å². The molecular formula is C7H5FIN3. The van der Waals surface area contributed by atoms with Crippen LogP contribution in [-0.4, -0.2) is 15.0 Å². The van der Waals surface area contributed by atoms with Crippen LogP contribution < -0.4 is 0 Å². The highest BCUT2D eigenvalue weighted by Crippen LogP contribution is 2.17. The second kappa shape index (κ2) is 2.65. The molecule has 0 saturated heterocycles. The predicted molar refractivity (Wildman–Crippen MR) is 51.3 cm³/mol. The fraction of sp³-hybridized carbons (Fsp3) is 0.143. The van der Waals surface area contributed by atoms with Crippen molar-refractivity contribution in [2.75, 3.05) is 0 Å². The maximum Gasteiger partial charge on any atom is 0.216 e. The number of hydrogen-bond acceptors (Lipinski definition) is 2. The van der Waals surface area contributed by atoms with Crippen LogP contribution in [0.2, 0.25) is 0 Å². The van der Waals surface area contributed by atoms with E-state index < -0.39 is 5.95 Å². The molecule has 2 aromatic rings. The fourth-order valence-corrected chi connectivity index (χ4v) is 1.67. The average Bonchev–Trinajstić information content (AvgIpc) is 2.29. The maximum atomic E-state index is 12.7. The van der Waals surface area contributed by atoms with Gasteiger partial charge in [0, 0.05) is 9.64 Å². The number of halogens is 2. The number of fused-ring (bicyclic) bond motifs is 1. The van der Waals surface area contributed by atoms with Crippen LogP contribution in [0.5, 0.6) is 0 Å². The molecule has 0 aliphatic heterocycles. The van der Waals surface area contributed by atoms with Gasteiger partial charge in [0.05, 0.1) is 5.52 Å². The number of nitrogens with one attached hydrogen (secondary N) is 1. The summed E-state index contributed by atoms with van der Waals surface area (Å²) in [5.41, 5.74) is 1.24. The molecule has 0 aromatic carbocycles. The molecule has 0 saturated carbocycles. The first-order chi connectivity index (χ1) is 5.66. The van der Waals surface area contributed by atoms with Gasteiger partial charge in [0.2, 0.25) is 5.95 Å². The smallest absolute Gasteiger partial charge is 0.216 e. The molecule has 0 fully saturated rings. The van der Waals surface area contributed by atoms with Gasteiger partial charge in [-0.2, -0.15) is 9.37 Å². The monoisotopic (exact) mass is 277 g/mol. The summed E-state index contributed by atoms with van der Waals surface area (Å²) >= 11 is 2.05. The molecule has 0 spiro atoms. The van der Waals surface area contributed by atoms with Crippen LogP contribution in [0.3, 0.4) is 0 Å². The SMILES string of the molecule is Cc1nc2nc(F)cc(I)c2[nH]1. The van der Waals surface area contributed by atoms with Crippen LogP contribution in [0, 0.1) is 16.4 Å². The van der Waals surface area contributed by atoms with Crippen molar-refractivity contribution in [1.29, 1.82) is 0 Å². The van der Waals surface area contributed by atoms with Gasteiger partial charge in [-0.15, -0.1) is 0 Å². The molecule has 1 N–H and O–H groups in total. The quantitative estimate of drug-likeness (QED) is 0.591. The number of hydrogen-bond donors (Lipinski definition) is 1. The Kier molecular flexibility index (Phi) is 1.75. The highest BCUT2D eigenvalue weighted by atomic mass is 127. The van der Waals surface area contributed by atoms with Crippen molar-refractivity contribution in [2.24, 2.45) is 0 Å². The molecule has 0 radical (unpaired) electrons.